The molecule has 0 unspecified atom stereocenters. The van der Waals surface area contributed by atoms with Gasteiger partial charge < -0.3 is 4.98 Å². The number of nitrogens with one attached hydrogen (secondary N) is 1. The number of benzene rings is 3. The highest BCUT2D eigenvalue weighted by Crippen LogP contribution is 2.36. The van der Waals surface area contributed by atoms with Gasteiger partial charge in [0, 0.05) is 34.6 Å². The minimum Gasteiger partial charge on any atom is -0.361 e. The summed E-state index contributed by atoms with van der Waals surface area (Å²) < 4.78 is 14.8. The van der Waals surface area contributed by atoms with Crippen LogP contribution in [-0.4, -0.2) is 22.9 Å². The van der Waals surface area contributed by atoms with Crippen molar-refractivity contribution < 1.29 is 9.26 Å². The molecule has 1 N–H and O–H groups in total. The number of H-pyrrole nitrogens is 1. The van der Waals surface area contributed by atoms with Crippen LogP contribution in [-0.2, 0) is 6.42 Å². The fourth-order valence-electron chi connectivity index (χ4n) is 4.24. The number of hydrogen-bond acceptors (Lipinski definition) is 1. The zero-order valence-corrected chi connectivity index (χ0v) is 16.5. The zero-order valence-electron chi connectivity index (χ0n) is 16.5. The minimum atomic E-state index is -0.490. The van der Waals surface area contributed by atoms with Gasteiger partial charge in [-0.15, -0.1) is 5.01 Å². The van der Waals surface area contributed by atoms with Crippen LogP contribution in [0, 0.1) is 10.7 Å². The van der Waals surface area contributed by atoms with Gasteiger partial charge in [-0.05, 0) is 35.4 Å². The van der Waals surface area contributed by atoms with E-state index < -0.39 is 6.04 Å². The molecule has 148 valence electrons. The Kier molecular flexibility index (Phi) is 4.43. The number of nitrogens with zero attached hydrogens (tertiary/aromatic N) is 2. The normalized spacial score (nSPS) is 16.3. The van der Waals surface area contributed by atoms with Crippen LogP contribution in [0.1, 0.15) is 16.7 Å². The van der Waals surface area contributed by atoms with E-state index in [1.54, 1.807) is 24.2 Å². The molecule has 1 aliphatic rings. The summed E-state index contributed by atoms with van der Waals surface area (Å²) in [4.78, 5) is 17.6. The maximum atomic E-state index is 14.8. The van der Waals surface area contributed by atoms with Crippen molar-refractivity contribution in [1.82, 2.24) is 4.98 Å². The lowest BCUT2D eigenvalue weighted by Gasteiger charge is -2.14. The molecule has 1 aliphatic heterocycles. The van der Waals surface area contributed by atoms with Crippen molar-refractivity contribution in [3.8, 4) is 0 Å². The van der Waals surface area contributed by atoms with E-state index in [0.717, 1.165) is 38.2 Å². The van der Waals surface area contributed by atoms with Crippen LogP contribution < -0.4 is 5.01 Å². The van der Waals surface area contributed by atoms with E-state index in [9.17, 15) is 9.30 Å². The molecule has 5 rings (SSSR count). The molecule has 0 fully saturated rings. The second kappa shape index (κ2) is 7.26. The Morgan fingerprint density at radius 3 is 2.50 bits per heavy atom. The van der Waals surface area contributed by atoms with Crippen LogP contribution in [0.5, 0.6) is 0 Å². The predicted octanol–water partition coefficient (Wildman–Crippen LogP) is 5.49. The molecule has 5 heteroatoms. The molecule has 1 aromatic heterocycles. The monoisotopic (exact) mass is 398 g/mol. The van der Waals surface area contributed by atoms with Gasteiger partial charge in [0.05, 0.1) is 12.0 Å². The van der Waals surface area contributed by atoms with Gasteiger partial charge in [-0.1, -0.05) is 54.6 Å². The molecule has 0 spiro atoms. The van der Waals surface area contributed by atoms with E-state index in [2.05, 4.69) is 4.98 Å². The van der Waals surface area contributed by atoms with Gasteiger partial charge in [0.15, 0.2) is 0 Å². The summed E-state index contributed by atoms with van der Waals surface area (Å²) >= 11 is 0. The Morgan fingerprint density at radius 1 is 0.967 bits per heavy atom. The van der Waals surface area contributed by atoms with Crippen molar-refractivity contribution in [1.29, 1.82) is 0 Å². The summed E-state index contributed by atoms with van der Waals surface area (Å²) in [6.07, 6.45) is 4.35. The lowest BCUT2D eigenvalue weighted by Crippen LogP contribution is -2.37. The average Bonchev–Trinajstić information content (AvgIpc) is 3.15. The number of halogens is 1. The van der Waals surface area contributed by atoms with Gasteiger partial charge in [0.2, 0.25) is 0 Å². The molecule has 0 bridgehead atoms. The number of nitroso groups, excluding NO2 is 1. The molecule has 1 atom stereocenters. The number of aromatic amines is 1. The number of rotatable bonds is 3. The summed E-state index contributed by atoms with van der Waals surface area (Å²) in [6.45, 7) is 0. The fraction of sp³-hybridized carbons (Fsp3) is 0.120. The summed E-state index contributed by atoms with van der Waals surface area (Å²) in [5.41, 5.74) is 4.92. The molecule has 0 saturated carbocycles. The SMILES string of the molecule is CN1c2ccccc2C(c2ccccc2F)=C[C@@H](Cc2c[nH]c3ccccc23)[N+]1=O. The van der Waals surface area contributed by atoms with Crippen LogP contribution in [0.3, 0.4) is 0 Å². The third-order valence-corrected chi connectivity index (χ3v) is 5.75. The largest absolute Gasteiger partial charge is 0.361 e. The average molecular weight is 398 g/mol. The number of para-hydroxylation sites is 2. The summed E-state index contributed by atoms with van der Waals surface area (Å²) in [7, 11) is 1.76. The lowest BCUT2D eigenvalue weighted by atomic mass is 9.93. The number of hydrogen-bond donors (Lipinski definition) is 1. The van der Waals surface area contributed by atoms with Crippen LogP contribution in [0.2, 0.25) is 0 Å². The summed E-state index contributed by atoms with van der Waals surface area (Å²) in [6, 6.07) is 21.9. The highest BCUT2D eigenvalue weighted by molar-refractivity contribution is 5.87. The first-order chi connectivity index (χ1) is 14.6. The van der Waals surface area contributed by atoms with E-state index >= 15 is 0 Å². The van der Waals surface area contributed by atoms with E-state index in [1.807, 2.05) is 66.9 Å². The Hall–Kier alpha value is -3.73. The first kappa shape index (κ1) is 18.3. The van der Waals surface area contributed by atoms with Gasteiger partial charge in [-0.2, -0.15) is 0 Å². The molecule has 0 aliphatic carbocycles. The molecular formula is C25H21FN3O+. The lowest BCUT2D eigenvalue weighted by molar-refractivity contribution is -0.583. The minimum absolute atomic E-state index is 0.300. The fourth-order valence-corrected chi connectivity index (χ4v) is 4.24. The van der Waals surface area contributed by atoms with Crippen LogP contribution in [0.4, 0.5) is 10.1 Å². The van der Waals surface area contributed by atoms with Crippen LogP contribution >= 0.6 is 0 Å². The molecule has 0 saturated heterocycles. The van der Waals surface area contributed by atoms with Gasteiger partial charge in [-0.25, -0.2) is 4.39 Å². The van der Waals surface area contributed by atoms with Crippen molar-refractivity contribution in [2.75, 3.05) is 12.1 Å². The quantitative estimate of drug-likeness (QED) is 0.463. The van der Waals surface area contributed by atoms with Gasteiger partial charge in [0.25, 0.3) is 6.04 Å². The summed E-state index contributed by atoms with van der Waals surface area (Å²) in [5.74, 6) is -0.300. The second-order valence-corrected chi connectivity index (χ2v) is 7.53. The van der Waals surface area contributed by atoms with E-state index in [4.69, 9.17) is 0 Å². The maximum absolute atomic E-state index is 14.8. The van der Waals surface area contributed by atoms with Crippen molar-refractivity contribution >= 4 is 22.2 Å². The summed E-state index contributed by atoms with van der Waals surface area (Å²) in [5, 5.41) is 2.70. The first-order valence-electron chi connectivity index (χ1n) is 9.94. The molecule has 4 aromatic rings. The molecule has 30 heavy (non-hydrogen) atoms. The number of hydrazine groups is 1. The predicted molar refractivity (Wildman–Crippen MR) is 118 cm³/mol. The second-order valence-electron chi connectivity index (χ2n) is 7.53. The van der Waals surface area contributed by atoms with E-state index in [0.29, 0.717) is 12.0 Å². The Morgan fingerprint density at radius 2 is 1.67 bits per heavy atom. The Labute approximate surface area is 173 Å². The molecular weight excluding hydrogens is 377 g/mol. The van der Waals surface area contributed by atoms with Gasteiger partial charge in [0.1, 0.15) is 16.4 Å². The van der Waals surface area contributed by atoms with E-state index in [1.165, 1.54) is 6.07 Å². The number of aromatic nitrogens is 1. The molecule has 0 amide bonds. The third-order valence-electron chi connectivity index (χ3n) is 5.75. The van der Waals surface area contributed by atoms with Crippen molar-refractivity contribution in [3.05, 3.63) is 112 Å². The highest BCUT2D eigenvalue weighted by atomic mass is 19.1. The van der Waals surface area contributed by atoms with Crippen LogP contribution in [0.25, 0.3) is 16.5 Å². The van der Waals surface area contributed by atoms with Crippen molar-refractivity contribution in [2.45, 2.75) is 12.5 Å². The van der Waals surface area contributed by atoms with Crippen molar-refractivity contribution in [2.24, 2.45) is 0 Å². The van der Waals surface area contributed by atoms with Crippen molar-refractivity contribution in [3.63, 3.8) is 0 Å². The molecule has 0 radical (unpaired) electrons. The van der Waals surface area contributed by atoms with E-state index in [-0.39, 0.29) is 5.82 Å². The highest BCUT2D eigenvalue weighted by Gasteiger charge is 2.36. The molecule has 3 aromatic carbocycles. The smallest absolute Gasteiger partial charge is 0.258 e. The Bertz CT molecular complexity index is 1290. The third kappa shape index (κ3) is 2.99. The van der Waals surface area contributed by atoms with Gasteiger partial charge in [-0.3, -0.25) is 0 Å². The topological polar surface area (TPSA) is 39.1 Å². The molecule has 4 nitrogen and oxygen atoms in total. The molecule has 2 heterocycles. The maximum Gasteiger partial charge on any atom is 0.258 e. The van der Waals surface area contributed by atoms with Crippen LogP contribution in [0.15, 0.2) is 85.1 Å². The zero-order chi connectivity index (χ0) is 20.7. The van der Waals surface area contributed by atoms with Gasteiger partial charge >= 0.3 is 0 Å². The number of fused-ring (bicyclic) bond motifs is 2. The number of anilines is 1. The Balaban J connectivity index is 1.67. The first-order valence-corrected chi connectivity index (χ1v) is 9.94. The standard InChI is InChI=1S/C25H21FN3O/c1-28-25-13-7-4-10-21(25)22(20-9-2-5-11-23(20)26)15-18(29(28)30)14-17-16-27-24-12-6-3-8-19(17)24/h2-13,15-16,18,27H,14H2,1H3/q+1/t18-/m1/s1.